The van der Waals surface area contributed by atoms with Crippen LogP contribution in [0.4, 0.5) is 0 Å². The van der Waals surface area contributed by atoms with Gasteiger partial charge in [0.15, 0.2) is 0 Å². The summed E-state index contributed by atoms with van der Waals surface area (Å²) in [5, 5.41) is -0.261. The minimum atomic E-state index is -3.75. The molecule has 0 saturated carbocycles. The lowest BCUT2D eigenvalue weighted by molar-refractivity contribution is -0.130. The van der Waals surface area contributed by atoms with E-state index in [1.807, 2.05) is 30.3 Å². The highest BCUT2D eigenvalue weighted by molar-refractivity contribution is 7.89. The fourth-order valence-corrected chi connectivity index (χ4v) is 5.17. The van der Waals surface area contributed by atoms with Gasteiger partial charge in [0, 0.05) is 24.8 Å². The molecule has 1 heterocycles. The number of hydrogen-bond donors (Lipinski definition) is 3. The van der Waals surface area contributed by atoms with Gasteiger partial charge in [-0.1, -0.05) is 24.6 Å². The molecule has 0 spiro atoms. The monoisotopic (exact) mass is 499 g/mol. The predicted molar refractivity (Wildman–Crippen MR) is 131 cm³/mol. The number of benzene rings is 2. The van der Waals surface area contributed by atoms with Crippen molar-refractivity contribution in [2.24, 2.45) is 5.73 Å². The van der Waals surface area contributed by atoms with Crippen LogP contribution in [0.25, 0.3) is 0 Å². The van der Waals surface area contributed by atoms with Crippen LogP contribution >= 0.6 is 25.0 Å². The smallest absolute Gasteiger partial charge is 0.240 e. The van der Waals surface area contributed by atoms with E-state index in [1.165, 1.54) is 12.1 Å². The van der Waals surface area contributed by atoms with Crippen molar-refractivity contribution < 1.29 is 17.9 Å². The van der Waals surface area contributed by atoms with Crippen LogP contribution in [0.3, 0.4) is 0 Å². The molecule has 0 radical (unpaired) electrons. The van der Waals surface area contributed by atoms with E-state index in [9.17, 15) is 13.2 Å². The van der Waals surface area contributed by atoms with Crippen LogP contribution in [0.2, 0.25) is 0 Å². The number of para-hydroxylation sites is 1. The Morgan fingerprint density at radius 2 is 1.69 bits per heavy atom. The fraction of sp³-hybridized carbons (Fsp3) is 0.409. The molecule has 0 aromatic heterocycles. The van der Waals surface area contributed by atoms with E-state index in [1.54, 1.807) is 17.0 Å². The summed E-state index contributed by atoms with van der Waals surface area (Å²) in [6, 6.07) is 15.1. The first-order chi connectivity index (χ1) is 14.9. The average Bonchev–Trinajstić information content (AvgIpc) is 3.12. The Morgan fingerprint density at radius 1 is 1.03 bits per heavy atom. The third kappa shape index (κ3) is 7.38. The summed E-state index contributed by atoms with van der Waals surface area (Å²) in [6.45, 7) is 1.37. The van der Waals surface area contributed by atoms with Gasteiger partial charge in [0.1, 0.15) is 11.5 Å². The topological polar surface area (TPSA) is 102 Å². The highest BCUT2D eigenvalue weighted by Crippen LogP contribution is 2.24. The number of amides is 1. The molecule has 3 rings (SSSR count). The lowest BCUT2D eigenvalue weighted by Crippen LogP contribution is -2.41. The van der Waals surface area contributed by atoms with Crippen LogP contribution < -0.4 is 15.2 Å². The van der Waals surface area contributed by atoms with Crippen molar-refractivity contribution in [1.82, 2.24) is 9.62 Å². The second-order valence-corrected chi connectivity index (χ2v) is 9.96. The number of rotatable bonds is 10. The third-order valence-electron chi connectivity index (χ3n) is 5.16. The number of halogens is 1. The number of nitrogens with two attached hydrogens (primary N) is 1. The molecule has 0 bridgehead atoms. The molecule has 7 nitrogen and oxygen atoms in total. The Morgan fingerprint density at radius 3 is 2.34 bits per heavy atom. The average molecular weight is 500 g/mol. The first kappa shape index (κ1) is 26.5. The molecule has 1 aliphatic rings. The highest BCUT2D eigenvalue weighted by atomic mass is 35.5. The van der Waals surface area contributed by atoms with Gasteiger partial charge in [0.25, 0.3) is 0 Å². The molecule has 32 heavy (non-hydrogen) atoms. The number of hydrogen-bond acceptors (Lipinski definition) is 6. The number of unbranched alkanes of at least 4 members (excludes halogenated alkanes) is 2. The largest absolute Gasteiger partial charge is 0.457 e. The van der Waals surface area contributed by atoms with Crippen molar-refractivity contribution in [3.8, 4) is 11.5 Å². The van der Waals surface area contributed by atoms with Gasteiger partial charge >= 0.3 is 0 Å². The normalized spacial score (nSPS) is 18.2. The zero-order valence-corrected chi connectivity index (χ0v) is 20.2. The summed E-state index contributed by atoms with van der Waals surface area (Å²) in [4.78, 5) is 14.2. The molecule has 1 aliphatic heterocycles. The lowest BCUT2D eigenvalue weighted by atomic mass is 10.2. The minimum Gasteiger partial charge on any atom is -0.457 e. The van der Waals surface area contributed by atoms with Crippen LogP contribution in [0, 0.1) is 0 Å². The lowest BCUT2D eigenvalue weighted by Gasteiger charge is -2.17. The Labute approximate surface area is 201 Å². The molecule has 2 atom stereocenters. The zero-order chi connectivity index (χ0) is 22.3. The van der Waals surface area contributed by atoms with Gasteiger partial charge in [-0.15, -0.1) is 12.4 Å². The Balaban J connectivity index is 0.00000363. The second kappa shape index (κ2) is 12.5. The van der Waals surface area contributed by atoms with E-state index < -0.39 is 16.1 Å². The molecular weight excluding hydrogens is 470 g/mol. The van der Waals surface area contributed by atoms with Crippen molar-refractivity contribution in [2.75, 3.05) is 19.6 Å². The molecule has 2 aromatic carbocycles. The standard InChI is InChI=1S/C22H29N3O4S2.ClH/c23-14-6-2-5-9-22(26)25-15-20(21(30)16-25)24-31(27,28)19-12-10-18(11-13-19)29-17-7-3-1-4-8-17;/h1,3-4,7-8,10-13,20-21,24,30H,2,5-6,9,14-16,23H2;1H. The van der Waals surface area contributed by atoms with Crippen LogP contribution in [0.15, 0.2) is 59.5 Å². The van der Waals surface area contributed by atoms with Crippen molar-refractivity contribution in [1.29, 1.82) is 0 Å². The number of carbonyl (C=O) groups is 1. The number of nitrogens with zero attached hydrogens (tertiary/aromatic N) is 1. The molecule has 0 aliphatic carbocycles. The summed E-state index contributed by atoms with van der Waals surface area (Å²) in [6.07, 6.45) is 3.06. The van der Waals surface area contributed by atoms with Gasteiger partial charge in [0.05, 0.1) is 10.9 Å². The van der Waals surface area contributed by atoms with Crippen molar-refractivity contribution in [3.63, 3.8) is 0 Å². The minimum absolute atomic E-state index is 0. The number of ether oxygens (including phenoxy) is 1. The molecule has 10 heteroatoms. The van der Waals surface area contributed by atoms with E-state index in [2.05, 4.69) is 17.4 Å². The molecule has 3 N–H and O–H groups in total. The Hall–Kier alpha value is -1.78. The molecule has 176 valence electrons. The molecule has 1 fully saturated rings. The van der Waals surface area contributed by atoms with Gasteiger partial charge in [-0.25, -0.2) is 13.1 Å². The van der Waals surface area contributed by atoms with Gasteiger partial charge in [0.2, 0.25) is 15.9 Å². The summed E-state index contributed by atoms with van der Waals surface area (Å²) in [5.74, 6) is 1.25. The van der Waals surface area contributed by atoms with Gasteiger partial charge in [-0.2, -0.15) is 12.6 Å². The maximum Gasteiger partial charge on any atom is 0.240 e. The molecular formula is C22H30ClN3O4S2. The van der Waals surface area contributed by atoms with E-state index in [4.69, 9.17) is 10.5 Å². The SMILES string of the molecule is Cl.NCCCCCC(=O)N1CC(S)C(NS(=O)(=O)c2ccc(Oc3ccccc3)cc2)C1. The van der Waals surface area contributed by atoms with Crippen LogP contribution in [0.1, 0.15) is 25.7 Å². The zero-order valence-electron chi connectivity index (χ0n) is 17.7. The second-order valence-electron chi connectivity index (χ2n) is 7.58. The first-order valence-electron chi connectivity index (χ1n) is 10.4. The van der Waals surface area contributed by atoms with E-state index in [0.717, 1.165) is 19.3 Å². The van der Waals surface area contributed by atoms with E-state index in [-0.39, 0.29) is 28.5 Å². The maximum absolute atomic E-state index is 12.8. The Kier molecular flexibility index (Phi) is 10.3. The predicted octanol–water partition coefficient (Wildman–Crippen LogP) is 3.21. The summed E-state index contributed by atoms with van der Waals surface area (Å²) < 4.78 is 34.0. The Bertz CT molecular complexity index is 959. The third-order valence-corrected chi connectivity index (χ3v) is 7.18. The molecule has 1 amide bonds. The number of carbonyl (C=O) groups excluding carboxylic acids is 1. The van der Waals surface area contributed by atoms with Crippen LogP contribution in [-0.2, 0) is 14.8 Å². The summed E-state index contributed by atoms with van der Waals surface area (Å²) in [7, 11) is -3.75. The van der Waals surface area contributed by atoms with Crippen molar-refractivity contribution in [3.05, 3.63) is 54.6 Å². The quantitative estimate of drug-likeness (QED) is 0.344. The fourth-order valence-electron chi connectivity index (χ4n) is 3.44. The summed E-state index contributed by atoms with van der Waals surface area (Å²) in [5.41, 5.74) is 5.48. The van der Waals surface area contributed by atoms with E-state index >= 15 is 0 Å². The van der Waals surface area contributed by atoms with Gasteiger partial charge in [-0.05, 0) is 55.8 Å². The van der Waals surface area contributed by atoms with Gasteiger partial charge in [-0.3, -0.25) is 4.79 Å². The first-order valence-corrected chi connectivity index (χ1v) is 12.4. The number of nitrogens with one attached hydrogen (secondary N) is 1. The number of likely N-dealkylation sites (tertiary alicyclic amines) is 1. The highest BCUT2D eigenvalue weighted by Gasteiger charge is 2.35. The van der Waals surface area contributed by atoms with Crippen molar-refractivity contribution >= 4 is 41.0 Å². The number of thiol groups is 1. The summed E-state index contributed by atoms with van der Waals surface area (Å²) >= 11 is 4.50. The maximum atomic E-state index is 12.8. The molecule has 2 aromatic rings. The molecule has 1 saturated heterocycles. The van der Waals surface area contributed by atoms with Crippen LogP contribution in [0.5, 0.6) is 11.5 Å². The van der Waals surface area contributed by atoms with Crippen LogP contribution in [-0.4, -0.2) is 50.2 Å². The van der Waals surface area contributed by atoms with Crippen molar-refractivity contribution in [2.45, 2.75) is 41.9 Å². The molecule has 2 unspecified atom stereocenters. The number of sulfonamides is 1. The van der Waals surface area contributed by atoms with E-state index in [0.29, 0.717) is 37.6 Å². The van der Waals surface area contributed by atoms with Gasteiger partial charge < -0.3 is 15.4 Å².